The van der Waals surface area contributed by atoms with Crippen molar-refractivity contribution in [2.45, 2.75) is 5.33 Å². The molecule has 5 heteroatoms. The highest BCUT2D eigenvalue weighted by Gasteiger charge is 2.02. The van der Waals surface area contributed by atoms with E-state index >= 15 is 0 Å². The predicted octanol–water partition coefficient (Wildman–Crippen LogP) is 2.55. The van der Waals surface area contributed by atoms with Crippen LogP contribution in [0.5, 0.6) is 11.5 Å². The van der Waals surface area contributed by atoms with Gasteiger partial charge in [-0.15, -0.1) is 0 Å². The summed E-state index contributed by atoms with van der Waals surface area (Å²) in [5.74, 6) is 1.43. The van der Waals surface area contributed by atoms with Crippen molar-refractivity contribution in [1.82, 2.24) is 0 Å². The molecule has 0 unspecified atom stereocenters. The van der Waals surface area contributed by atoms with E-state index in [1.807, 2.05) is 12.1 Å². The normalized spacial score (nSPS) is 10.2. The van der Waals surface area contributed by atoms with Crippen LogP contribution in [0.2, 0.25) is 0 Å². The number of alkyl halides is 1. The van der Waals surface area contributed by atoms with Gasteiger partial charge in [-0.3, -0.25) is 0 Å². The van der Waals surface area contributed by atoms with E-state index in [0.29, 0.717) is 11.5 Å². The van der Waals surface area contributed by atoms with Crippen molar-refractivity contribution >= 4 is 15.9 Å². The van der Waals surface area contributed by atoms with E-state index in [0.717, 1.165) is 10.9 Å². The lowest BCUT2D eigenvalue weighted by Gasteiger charge is -2.10. The summed E-state index contributed by atoms with van der Waals surface area (Å²) >= 11 is 3.39. The van der Waals surface area contributed by atoms with Crippen molar-refractivity contribution in [3.8, 4) is 11.5 Å². The maximum absolute atomic E-state index is 5.35. The third kappa shape index (κ3) is 4.38. The van der Waals surface area contributed by atoms with Gasteiger partial charge in [-0.05, 0) is 17.7 Å². The Balaban J connectivity index is 2.74. The number of rotatable bonds is 7. The van der Waals surface area contributed by atoms with Gasteiger partial charge in [-0.25, -0.2) is 0 Å². The minimum absolute atomic E-state index is 0.218. The Morgan fingerprint density at radius 2 is 1.44 bits per heavy atom. The number of hydrogen-bond donors (Lipinski definition) is 0. The van der Waals surface area contributed by atoms with Crippen LogP contribution in [0.15, 0.2) is 18.2 Å². The maximum Gasteiger partial charge on any atom is 0.188 e. The summed E-state index contributed by atoms with van der Waals surface area (Å²) in [6, 6.07) is 5.64. The zero-order chi connectivity index (χ0) is 11.8. The molecular weight excluding hydrogens is 276 g/mol. The predicted molar refractivity (Wildman–Crippen MR) is 64.1 cm³/mol. The van der Waals surface area contributed by atoms with Crippen molar-refractivity contribution in [3.05, 3.63) is 23.8 Å². The third-order valence-corrected chi connectivity index (χ3v) is 2.43. The molecule has 0 aliphatic carbocycles. The van der Waals surface area contributed by atoms with Crippen molar-refractivity contribution in [2.75, 3.05) is 27.8 Å². The second kappa shape index (κ2) is 7.49. The molecule has 1 aromatic rings. The topological polar surface area (TPSA) is 36.9 Å². The first-order valence-electron chi connectivity index (χ1n) is 4.73. The molecule has 0 bridgehead atoms. The molecular formula is C11H15BrO4. The molecule has 0 radical (unpaired) electrons. The molecule has 0 aliphatic rings. The summed E-state index contributed by atoms with van der Waals surface area (Å²) in [7, 11) is 3.16. The Morgan fingerprint density at radius 3 is 1.81 bits per heavy atom. The lowest BCUT2D eigenvalue weighted by Crippen LogP contribution is -2.02. The van der Waals surface area contributed by atoms with Crippen LogP contribution in [-0.2, 0) is 14.8 Å². The van der Waals surface area contributed by atoms with E-state index in [4.69, 9.17) is 18.9 Å². The lowest BCUT2D eigenvalue weighted by atomic mass is 10.2. The van der Waals surface area contributed by atoms with E-state index in [9.17, 15) is 0 Å². The Bertz CT molecular complexity index is 291. The fourth-order valence-electron chi connectivity index (χ4n) is 1.13. The van der Waals surface area contributed by atoms with Crippen LogP contribution >= 0.6 is 15.9 Å². The van der Waals surface area contributed by atoms with Gasteiger partial charge in [0.05, 0.1) is 0 Å². The van der Waals surface area contributed by atoms with Crippen LogP contribution in [0.1, 0.15) is 5.56 Å². The molecule has 0 amide bonds. The summed E-state index contributed by atoms with van der Waals surface area (Å²) in [4.78, 5) is 0. The average molecular weight is 291 g/mol. The Hall–Kier alpha value is -0.780. The van der Waals surface area contributed by atoms with E-state index < -0.39 is 0 Å². The second-order valence-corrected chi connectivity index (χ2v) is 3.61. The molecule has 0 fully saturated rings. The molecule has 90 valence electrons. The van der Waals surface area contributed by atoms with E-state index in [2.05, 4.69) is 15.9 Å². The first-order chi connectivity index (χ1) is 7.80. The van der Waals surface area contributed by atoms with Crippen LogP contribution in [0.3, 0.4) is 0 Å². The number of halogens is 1. The number of ether oxygens (including phenoxy) is 4. The molecule has 0 N–H and O–H groups in total. The van der Waals surface area contributed by atoms with Crippen LogP contribution < -0.4 is 9.47 Å². The molecule has 0 aromatic heterocycles. The van der Waals surface area contributed by atoms with Crippen molar-refractivity contribution in [1.29, 1.82) is 0 Å². The minimum Gasteiger partial charge on any atom is -0.467 e. The molecule has 1 aromatic carbocycles. The van der Waals surface area contributed by atoms with Gasteiger partial charge < -0.3 is 18.9 Å². The summed E-state index contributed by atoms with van der Waals surface area (Å²) in [6.07, 6.45) is 0. The van der Waals surface area contributed by atoms with Crippen LogP contribution in [0, 0.1) is 0 Å². The first-order valence-corrected chi connectivity index (χ1v) is 5.85. The van der Waals surface area contributed by atoms with Gasteiger partial charge in [0.1, 0.15) is 11.5 Å². The van der Waals surface area contributed by atoms with Crippen LogP contribution in [0.25, 0.3) is 0 Å². The van der Waals surface area contributed by atoms with Gasteiger partial charge in [-0.1, -0.05) is 15.9 Å². The highest BCUT2D eigenvalue weighted by molar-refractivity contribution is 9.08. The molecule has 1 rings (SSSR count). The van der Waals surface area contributed by atoms with E-state index in [-0.39, 0.29) is 13.6 Å². The molecule has 16 heavy (non-hydrogen) atoms. The average Bonchev–Trinajstić information content (AvgIpc) is 2.33. The minimum atomic E-state index is 0.218. The van der Waals surface area contributed by atoms with Crippen molar-refractivity contribution in [3.63, 3.8) is 0 Å². The fourth-order valence-corrected chi connectivity index (χ4v) is 1.45. The first kappa shape index (κ1) is 13.3. The van der Waals surface area contributed by atoms with Gasteiger partial charge in [0.25, 0.3) is 0 Å². The third-order valence-electron chi connectivity index (χ3n) is 1.78. The molecule has 0 atom stereocenters. The van der Waals surface area contributed by atoms with Gasteiger partial charge in [0, 0.05) is 25.6 Å². The molecule has 0 saturated heterocycles. The van der Waals surface area contributed by atoms with E-state index in [1.54, 1.807) is 20.3 Å². The zero-order valence-corrected chi connectivity index (χ0v) is 11.0. The number of hydrogen-bond acceptors (Lipinski definition) is 4. The molecule has 0 heterocycles. The Labute approximate surface area is 104 Å². The monoisotopic (exact) mass is 290 g/mol. The van der Waals surface area contributed by atoms with Gasteiger partial charge in [0.2, 0.25) is 0 Å². The quantitative estimate of drug-likeness (QED) is 0.571. The lowest BCUT2D eigenvalue weighted by molar-refractivity contribution is 0.0460. The standard InChI is InChI=1S/C11H15BrO4/c1-13-7-15-10-3-9(6-12)4-11(5-10)16-8-14-2/h3-5H,6-8H2,1-2H3. The van der Waals surface area contributed by atoms with Crippen LogP contribution in [0.4, 0.5) is 0 Å². The summed E-state index contributed by atoms with van der Waals surface area (Å²) in [6.45, 7) is 0.435. The molecule has 0 spiro atoms. The van der Waals surface area contributed by atoms with Crippen LogP contribution in [-0.4, -0.2) is 27.8 Å². The summed E-state index contributed by atoms with van der Waals surface area (Å²) in [5, 5.41) is 0.737. The summed E-state index contributed by atoms with van der Waals surface area (Å²) in [5.41, 5.74) is 1.07. The highest BCUT2D eigenvalue weighted by atomic mass is 79.9. The van der Waals surface area contributed by atoms with E-state index in [1.165, 1.54) is 0 Å². The largest absolute Gasteiger partial charge is 0.467 e. The molecule has 4 nitrogen and oxygen atoms in total. The molecule has 0 saturated carbocycles. The highest BCUT2D eigenvalue weighted by Crippen LogP contribution is 2.24. The zero-order valence-electron chi connectivity index (χ0n) is 9.36. The van der Waals surface area contributed by atoms with Gasteiger partial charge in [-0.2, -0.15) is 0 Å². The smallest absolute Gasteiger partial charge is 0.188 e. The SMILES string of the molecule is COCOc1cc(CBr)cc(OCOC)c1. The van der Waals surface area contributed by atoms with Gasteiger partial charge in [0.15, 0.2) is 13.6 Å². The van der Waals surface area contributed by atoms with Crippen molar-refractivity contribution in [2.24, 2.45) is 0 Å². The second-order valence-electron chi connectivity index (χ2n) is 3.05. The maximum atomic E-state index is 5.35. The Morgan fingerprint density at radius 1 is 0.938 bits per heavy atom. The van der Waals surface area contributed by atoms with Crippen molar-refractivity contribution < 1.29 is 18.9 Å². The number of benzene rings is 1. The fraction of sp³-hybridized carbons (Fsp3) is 0.455. The summed E-state index contributed by atoms with van der Waals surface area (Å²) < 4.78 is 20.4. The van der Waals surface area contributed by atoms with Gasteiger partial charge >= 0.3 is 0 Å². The number of methoxy groups -OCH3 is 2. The molecule has 0 aliphatic heterocycles. The Kier molecular flexibility index (Phi) is 6.22.